The maximum Gasteiger partial charge on any atom is 0.320 e. The second kappa shape index (κ2) is 6.90. The van der Waals surface area contributed by atoms with E-state index in [1.807, 2.05) is 6.92 Å². The van der Waals surface area contributed by atoms with Gasteiger partial charge in [0.2, 0.25) is 0 Å². The van der Waals surface area contributed by atoms with Crippen molar-refractivity contribution in [3.05, 3.63) is 12.3 Å². The Bertz CT molecular complexity index is 351. The van der Waals surface area contributed by atoms with Crippen LogP contribution in [0.3, 0.4) is 0 Å². The number of urea groups is 1. The summed E-state index contributed by atoms with van der Waals surface area (Å²) >= 11 is 0. The molecule has 17 heavy (non-hydrogen) atoms. The van der Waals surface area contributed by atoms with Crippen molar-refractivity contribution in [1.82, 2.24) is 15.1 Å². The van der Waals surface area contributed by atoms with Gasteiger partial charge in [0.15, 0.2) is 0 Å². The lowest BCUT2D eigenvalue weighted by Gasteiger charge is -2.14. The van der Waals surface area contributed by atoms with Crippen LogP contribution < -0.4 is 10.6 Å². The average molecular weight is 240 g/mol. The molecule has 1 heterocycles. The third kappa shape index (κ3) is 4.07. The van der Waals surface area contributed by atoms with Crippen LogP contribution in [-0.4, -0.2) is 34.1 Å². The first-order valence-corrected chi connectivity index (χ1v) is 5.88. The predicted molar refractivity (Wildman–Crippen MR) is 66.0 cm³/mol. The summed E-state index contributed by atoms with van der Waals surface area (Å²) in [6.07, 6.45) is 3.16. The third-order valence-electron chi connectivity index (χ3n) is 2.54. The summed E-state index contributed by atoms with van der Waals surface area (Å²) in [5.41, 5.74) is 0. The van der Waals surface area contributed by atoms with E-state index in [9.17, 15) is 4.79 Å². The molecule has 0 saturated heterocycles. The molecular formula is C11H20N4O2. The van der Waals surface area contributed by atoms with Gasteiger partial charge in [0.25, 0.3) is 0 Å². The SMILES string of the molecule is CCC(C)n1nccc1NC(=O)NCCCO. The Morgan fingerprint density at radius 2 is 2.41 bits per heavy atom. The number of hydrogen-bond donors (Lipinski definition) is 3. The Morgan fingerprint density at radius 1 is 1.65 bits per heavy atom. The number of nitrogens with zero attached hydrogens (tertiary/aromatic N) is 2. The highest BCUT2D eigenvalue weighted by molar-refractivity contribution is 5.88. The minimum Gasteiger partial charge on any atom is -0.396 e. The molecule has 0 aromatic carbocycles. The fraction of sp³-hybridized carbons (Fsp3) is 0.636. The molecule has 0 aliphatic rings. The minimum atomic E-state index is -0.275. The van der Waals surface area contributed by atoms with Gasteiger partial charge in [0.1, 0.15) is 5.82 Å². The molecule has 1 rings (SSSR count). The molecule has 96 valence electrons. The molecule has 6 nitrogen and oxygen atoms in total. The van der Waals surface area contributed by atoms with Gasteiger partial charge in [0, 0.05) is 19.2 Å². The molecule has 0 aliphatic carbocycles. The first kappa shape index (κ1) is 13.5. The summed E-state index contributed by atoms with van der Waals surface area (Å²) in [7, 11) is 0. The van der Waals surface area contributed by atoms with E-state index >= 15 is 0 Å². The van der Waals surface area contributed by atoms with Crippen molar-refractivity contribution in [3.8, 4) is 0 Å². The van der Waals surface area contributed by atoms with Gasteiger partial charge in [-0.1, -0.05) is 6.92 Å². The molecule has 3 N–H and O–H groups in total. The largest absolute Gasteiger partial charge is 0.396 e. The van der Waals surface area contributed by atoms with E-state index in [0.717, 1.165) is 6.42 Å². The highest BCUT2D eigenvalue weighted by Gasteiger charge is 2.10. The third-order valence-corrected chi connectivity index (χ3v) is 2.54. The van der Waals surface area contributed by atoms with Crippen molar-refractivity contribution < 1.29 is 9.90 Å². The Labute approximate surface area is 101 Å². The Kier molecular flexibility index (Phi) is 5.48. The lowest BCUT2D eigenvalue weighted by Crippen LogP contribution is -2.31. The number of rotatable bonds is 6. The zero-order valence-electron chi connectivity index (χ0n) is 10.3. The molecule has 0 bridgehead atoms. The number of aromatic nitrogens is 2. The fourth-order valence-electron chi connectivity index (χ4n) is 1.38. The molecule has 1 aromatic heterocycles. The van der Waals surface area contributed by atoms with Gasteiger partial charge < -0.3 is 10.4 Å². The number of nitrogens with one attached hydrogen (secondary N) is 2. The summed E-state index contributed by atoms with van der Waals surface area (Å²) in [6, 6.07) is 1.74. The number of carbonyl (C=O) groups is 1. The zero-order chi connectivity index (χ0) is 12.7. The average Bonchev–Trinajstić information content (AvgIpc) is 2.76. The standard InChI is InChI=1S/C11H20N4O2/c1-3-9(2)15-10(5-7-13-15)14-11(17)12-6-4-8-16/h5,7,9,16H,3-4,6,8H2,1-2H3,(H2,12,14,17). The minimum absolute atomic E-state index is 0.0745. The van der Waals surface area contributed by atoms with Crippen LogP contribution in [0, 0.1) is 0 Å². The van der Waals surface area contributed by atoms with Gasteiger partial charge in [-0.3, -0.25) is 5.32 Å². The highest BCUT2D eigenvalue weighted by Crippen LogP contribution is 2.15. The van der Waals surface area contributed by atoms with Crippen molar-refractivity contribution in [3.63, 3.8) is 0 Å². The monoisotopic (exact) mass is 240 g/mol. The van der Waals surface area contributed by atoms with Crippen molar-refractivity contribution >= 4 is 11.8 Å². The lowest BCUT2D eigenvalue weighted by molar-refractivity contribution is 0.248. The van der Waals surface area contributed by atoms with Crippen LogP contribution in [0.4, 0.5) is 10.6 Å². The molecule has 0 fully saturated rings. The van der Waals surface area contributed by atoms with Crippen molar-refractivity contribution in [2.24, 2.45) is 0 Å². The molecule has 1 unspecified atom stereocenters. The van der Waals surface area contributed by atoms with Gasteiger partial charge in [0.05, 0.1) is 12.2 Å². The Morgan fingerprint density at radius 3 is 3.06 bits per heavy atom. The molecule has 0 aliphatic heterocycles. The van der Waals surface area contributed by atoms with Crippen LogP contribution in [0.25, 0.3) is 0 Å². The Hall–Kier alpha value is -1.56. The van der Waals surface area contributed by atoms with E-state index < -0.39 is 0 Å². The van der Waals surface area contributed by atoms with E-state index in [1.54, 1.807) is 16.9 Å². The number of aliphatic hydroxyl groups is 1. The first-order valence-electron chi connectivity index (χ1n) is 5.88. The number of hydrogen-bond acceptors (Lipinski definition) is 3. The second-order valence-electron chi connectivity index (χ2n) is 3.88. The number of amides is 2. The van der Waals surface area contributed by atoms with Crippen molar-refractivity contribution in [2.75, 3.05) is 18.5 Å². The van der Waals surface area contributed by atoms with Gasteiger partial charge in [-0.25, -0.2) is 9.48 Å². The number of aliphatic hydroxyl groups excluding tert-OH is 1. The van der Waals surface area contributed by atoms with Crippen molar-refractivity contribution in [1.29, 1.82) is 0 Å². The van der Waals surface area contributed by atoms with E-state index in [-0.39, 0.29) is 18.7 Å². The molecule has 2 amide bonds. The van der Waals surface area contributed by atoms with Crippen molar-refractivity contribution in [2.45, 2.75) is 32.7 Å². The van der Waals surface area contributed by atoms with Crippen LogP contribution in [0.15, 0.2) is 12.3 Å². The summed E-state index contributed by atoms with van der Waals surface area (Å²) in [6.45, 7) is 4.64. The maximum absolute atomic E-state index is 11.5. The van der Waals surface area contributed by atoms with Crippen LogP contribution in [0.1, 0.15) is 32.7 Å². The van der Waals surface area contributed by atoms with Crippen LogP contribution in [-0.2, 0) is 0 Å². The molecule has 0 spiro atoms. The van der Waals surface area contributed by atoms with E-state index in [4.69, 9.17) is 5.11 Å². The van der Waals surface area contributed by atoms with Gasteiger partial charge in [-0.05, 0) is 19.8 Å². The van der Waals surface area contributed by atoms with Gasteiger partial charge in [-0.15, -0.1) is 0 Å². The molecule has 0 saturated carbocycles. The molecular weight excluding hydrogens is 220 g/mol. The van der Waals surface area contributed by atoms with E-state index in [1.165, 1.54) is 0 Å². The maximum atomic E-state index is 11.5. The van der Waals surface area contributed by atoms with E-state index in [0.29, 0.717) is 18.8 Å². The summed E-state index contributed by atoms with van der Waals surface area (Å²) in [5, 5.41) is 18.2. The normalized spacial score (nSPS) is 12.2. The molecule has 0 radical (unpaired) electrons. The number of carbonyl (C=O) groups excluding carboxylic acids is 1. The smallest absolute Gasteiger partial charge is 0.320 e. The lowest BCUT2D eigenvalue weighted by atomic mass is 10.3. The predicted octanol–water partition coefficient (Wildman–Crippen LogP) is 1.36. The van der Waals surface area contributed by atoms with Gasteiger partial charge in [-0.2, -0.15) is 5.10 Å². The fourth-order valence-corrected chi connectivity index (χ4v) is 1.38. The Balaban J connectivity index is 2.50. The molecule has 1 atom stereocenters. The summed E-state index contributed by atoms with van der Waals surface area (Å²) < 4.78 is 1.78. The molecule has 6 heteroatoms. The van der Waals surface area contributed by atoms with Crippen LogP contribution in [0.2, 0.25) is 0 Å². The zero-order valence-corrected chi connectivity index (χ0v) is 10.3. The summed E-state index contributed by atoms with van der Waals surface area (Å²) in [4.78, 5) is 11.5. The van der Waals surface area contributed by atoms with E-state index in [2.05, 4.69) is 22.7 Å². The van der Waals surface area contributed by atoms with Crippen LogP contribution in [0.5, 0.6) is 0 Å². The van der Waals surface area contributed by atoms with Crippen LogP contribution >= 0.6 is 0 Å². The topological polar surface area (TPSA) is 79.2 Å². The number of anilines is 1. The molecule has 1 aromatic rings. The first-order chi connectivity index (χ1) is 8.19. The summed E-state index contributed by atoms with van der Waals surface area (Å²) in [5.74, 6) is 0.681. The quantitative estimate of drug-likeness (QED) is 0.657. The second-order valence-corrected chi connectivity index (χ2v) is 3.88. The van der Waals surface area contributed by atoms with Gasteiger partial charge >= 0.3 is 6.03 Å². The highest BCUT2D eigenvalue weighted by atomic mass is 16.3.